The highest BCUT2D eigenvalue weighted by Crippen LogP contribution is 2.33. The smallest absolute Gasteiger partial charge is 0.202 e. The maximum absolute atomic E-state index is 6.04. The lowest BCUT2D eigenvalue weighted by atomic mass is 9.98. The fourth-order valence-electron chi connectivity index (χ4n) is 3.02. The van der Waals surface area contributed by atoms with Crippen LogP contribution in [0.25, 0.3) is 11.2 Å². The van der Waals surface area contributed by atoms with E-state index in [1.807, 2.05) is 19.1 Å². The maximum atomic E-state index is 6.04. The molecule has 1 saturated carbocycles. The number of aryl methyl sites for hydroxylation is 1. The SMILES string of the molecule is Cc1ccc2nc(N)n(CC3CCCC3C)c2n1. The van der Waals surface area contributed by atoms with Crippen LogP contribution in [0.5, 0.6) is 0 Å². The number of imidazole rings is 1. The number of hydrogen-bond donors (Lipinski definition) is 1. The van der Waals surface area contributed by atoms with Crippen molar-refractivity contribution >= 4 is 17.1 Å². The Labute approximate surface area is 107 Å². The fourth-order valence-corrected chi connectivity index (χ4v) is 3.02. The van der Waals surface area contributed by atoms with Gasteiger partial charge in [-0.2, -0.15) is 0 Å². The summed E-state index contributed by atoms with van der Waals surface area (Å²) in [4.78, 5) is 8.98. The van der Waals surface area contributed by atoms with E-state index in [1.165, 1.54) is 19.3 Å². The van der Waals surface area contributed by atoms with E-state index < -0.39 is 0 Å². The van der Waals surface area contributed by atoms with Crippen LogP contribution < -0.4 is 5.73 Å². The lowest BCUT2D eigenvalue weighted by Gasteiger charge is -2.16. The summed E-state index contributed by atoms with van der Waals surface area (Å²) in [6.07, 6.45) is 3.97. The molecule has 0 radical (unpaired) electrons. The van der Waals surface area contributed by atoms with Gasteiger partial charge in [0.1, 0.15) is 5.52 Å². The number of nitrogen functional groups attached to an aromatic ring is 1. The number of nitrogens with two attached hydrogens (primary N) is 1. The van der Waals surface area contributed by atoms with E-state index in [0.29, 0.717) is 11.9 Å². The average Bonchev–Trinajstić information content (AvgIpc) is 2.86. The van der Waals surface area contributed by atoms with Crippen LogP contribution in [0.4, 0.5) is 5.95 Å². The van der Waals surface area contributed by atoms with Gasteiger partial charge in [-0.3, -0.25) is 4.57 Å². The molecule has 18 heavy (non-hydrogen) atoms. The summed E-state index contributed by atoms with van der Waals surface area (Å²) >= 11 is 0. The lowest BCUT2D eigenvalue weighted by molar-refractivity contribution is 0.369. The molecule has 2 aromatic heterocycles. The standard InChI is InChI=1S/C14H20N4/c1-9-4-3-5-11(9)8-18-13-12(17-14(18)15)7-6-10(2)16-13/h6-7,9,11H,3-5,8H2,1-2H3,(H2,15,17). The van der Waals surface area contributed by atoms with Gasteiger partial charge < -0.3 is 5.73 Å². The van der Waals surface area contributed by atoms with Crippen molar-refractivity contribution < 1.29 is 0 Å². The molecule has 0 spiro atoms. The average molecular weight is 244 g/mol. The summed E-state index contributed by atoms with van der Waals surface area (Å²) in [6, 6.07) is 3.99. The third-order valence-corrected chi connectivity index (χ3v) is 4.22. The first-order valence-electron chi connectivity index (χ1n) is 6.74. The van der Waals surface area contributed by atoms with Gasteiger partial charge in [0.25, 0.3) is 0 Å². The van der Waals surface area contributed by atoms with E-state index in [-0.39, 0.29) is 0 Å². The van der Waals surface area contributed by atoms with Gasteiger partial charge in [0.15, 0.2) is 5.65 Å². The van der Waals surface area contributed by atoms with Crippen LogP contribution in [0, 0.1) is 18.8 Å². The molecule has 0 aromatic carbocycles. The summed E-state index contributed by atoms with van der Waals surface area (Å²) < 4.78 is 2.09. The molecule has 0 aliphatic heterocycles. The molecular weight excluding hydrogens is 224 g/mol. The molecule has 1 aliphatic rings. The molecular formula is C14H20N4. The molecule has 2 unspecified atom stereocenters. The van der Waals surface area contributed by atoms with Gasteiger partial charge in [0.05, 0.1) is 0 Å². The Hall–Kier alpha value is -1.58. The highest BCUT2D eigenvalue weighted by Gasteiger charge is 2.25. The number of pyridine rings is 1. The molecule has 2 N–H and O–H groups in total. The Morgan fingerprint density at radius 1 is 1.33 bits per heavy atom. The van der Waals surface area contributed by atoms with Crippen molar-refractivity contribution in [3.63, 3.8) is 0 Å². The highest BCUT2D eigenvalue weighted by atomic mass is 15.2. The van der Waals surface area contributed by atoms with Crippen LogP contribution >= 0.6 is 0 Å². The van der Waals surface area contributed by atoms with Crippen LogP contribution in [0.3, 0.4) is 0 Å². The van der Waals surface area contributed by atoms with E-state index in [4.69, 9.17) is 5.73 Å². The summed E-state index contributed by atoms with van der Waals surface area (Å²) in [5, 5.41) is 0. The second kappa shape index (κ2) is 4.26. The maximum Gasteiger partial charge on any atom is 0.202 e. The first-order valence-corrected chi connectivity index (χ1v) is 6.74. The van der Waals surface area contributed by atoms with E-state index in [2.05, 4.69) is 21.5 Å². The van der Waals surface area contributed by atoms with Crippen LogP contribution in [0.1, 0.15) is 31.9 Å². The zero-order valence-corrected chi connectivity index (χ0v) is 11.1. The molecule has 96 valence electrons. The number of nitrogens with zero attached hydrogens (tertiary/aromatic N) is 3. The summed E-state index contributed by atoms with van der Waals surface area (Å²) in [5.41, 5.74) is 8.90. The van der Waals surface area contributed by atoms with Crippen molar-refractivity contribution in [2.24, 2.45) is 11.8 Å². The molecule has 1 aliphatic carbocycles. The molecule has 2 aromatic rings. The van der Waals surface area contributed by atoms with Gasteiger partial charge in [-0.1, -0.05) is 19.8 Å². The largest absolute Gasteiger partial charge is 0.369 e. The Morgan fingerprint density at radius 3 is 2.89 bits per heavy atom. The first kappa shape index (κ1) is 11.5. The fraction of sp³-hybridized carbons (Fsp3) is 0.571. The second-order valence-electron chi connectivity index (χ2n) is 5.54. The minimum Gasteiger partial charge on any atom is -0.369 e. The number of anilines is 1. The van der Waals surface area contributed by atoms with Gasteiger partial charge in [-0.15, -0.1) is 0 Å². The van der Waals surface area contributed by atoms with Crippen molar-refractivity contribution in [2.45, 2.75) is 39.7 Å². The van der Waals surface area contributed by atoms with Gasteiger partial charge in [0, 0.05) is 12.2 Å². The van der Waals surface area contributed by atoms with Crippen molar-refractivity contribution in [2.75, 3.05) is 5.73 Å². The van der Waals surface area contributed by atoms with Crippen molar-refractivity contribution in [3.05, 3.63) is 17.8 Å². The number of hydrogen-bond acceptors (Lipinski definition) is 3. The zero-order chi connectivity index (χ0) is 12.7. The monoisotopic (exact) mass is 244 g/mol. The van der Waals surface area contributed by atoms with Crippen LogP contribution in [-0.2, 0) is 6.54 Å². The first-order chi connectivity index (χ1) is 8.65. The molecule has 0 bridgehead atoms. The highest BCUT2D eigenvalue weighted by molar-refractivity contribution is 5.74. The lowest BCUT2D eigenvalue weighted by Crippen LogP contribution is -2.15. The molecule has 4 nitrogen and oxygen atoms in total. The zero-order valence-electron chi connectivity index (χ0n) is 11.1. The Kier molecular flexibility index (Phi) is 2.73. The predicted molar refractivity (Wildman–Crippen MR) is 73.2 cm³/mol. The number of rotatable bonds is 2. The topological polar surface area (TPSA) is 56.7 Å². The van der Waals surface area contributed by atoms with Crippen molar-refractivity contribution in [1.29, 1.82) is 0 Å². The van der Waals surface area contributed by atoms with E-state index in [9.17, 15) is 0 Å². The Balaban J connectivity index is 1.99. The number of aromatic nitrogens is 3. The summed E-state index contributed by atoms with van der Waals surface area (Å²) in [7, 11) is 0. The van der Waals surface area contributed by atoms with Gasteiger partial charge in [-0.25, -0.2) is 9.97 Å². The van der Waals surface area contributed by atoms with Crippen molar-refractivity contribution in [3.8, 4) is 0 Å². The van der Waals surface area contributed by atoms with Crippen molar-refractivity contribution in [1.82, 2.24) is 14.5 Å². The molecule has 2 heterocycles. The molecule has 3 rings (SSSR count). The summed E-state index contributed by atoms with van der Waals surface area (Å²) in [5.74, 6) is 2.10. The predicted octanol–water partition coefficient (Wildman–Crippen LogP) is 2.76. The van der Waals surface area contributed by atoms with E-state index in [0.717, 1.165) is 29.3 Å². The molecule has 0 amide bonds. The van der Waals surface area contributed by atoms with Crippen LogP contribution in [-0.4, -0.2) is 14.5 Å². The molecule has 0 saturated heterocycles. The quantitative estimate of drug-likeness (QED) is 0.883. The second-order valence-corrected chi connectivity index (χ2v) is 5.54. The Bertz CT molecular complexity index is 572. The van der Waals surface area contributed by atoms with Crippen LogP contribution in [0.2, 0.25) is 0 Å². The molecule has 4 heteroatoms. The minimum atomic E-state index is 0.599. The Morgan fingerprint density at radius 2 is 2.17 bits per heavy atom. The third kappa shape index (κ3) is 1.85. The number of fused-ring (bicyclic) bond motifs is 1. The van der Waals surface area contributed by atoms with Gasteiger partial charge in [0.2, 0.25) is 5.95 Å². The molecule has 1 fully saturated rings. The minimum absolute atomic E-state index is 0.599. The van der Waals surface area contributed by atoms with E-state index >= 15 is 0 Å². The molecule has 2 atom stereocenters. The van der Waals surface area contributed by atoms with Crippen LogP contribution in [0.15, 0.2) is 12.1 Å². The summed E-state index contributed by atoms with van der Waals surface area (Å²) in [6.45, 7) is 5.30. The van der Waals surface area contributed by atoms with Gasteiger partial charge in [-0.05, 0) is 37.3 Å². The normalized spacial score (nSPS) is 23.9. The third-order valence-electron chi connectivity index (χ3n) is 4.22. The van der Waals surface area contributed by atoms with Gasteiger partial charge >= 0.3 is 0 Å². The van der Waals surface area contributed by atoms with E-state index in [1.54, 1.807) is 0 Å².